The number of hydrogen-bond acceptors (Lipinski definition) is 5. The average Bonchev–Trinajstić information content (AvgIpc) is 2.54. The first-order valence-corrected chi connectivity index (χ1v) is 7.51. The zero-order chi connectivity index (χ0) is 14.9. The Kier molecular flexibility index (Phi) is 6.79. The van der Waals surface area contributed by atoms with Gasteiger partial charge in [-0.25, -0.2) is 0 Å². The standard InChI is InChI=1S/C16H25NO4/c1-19-15-3-2-4-16(9-15)21-12-14(18)11-17-10-13-5-7-20-8-6-13/h2-4,9,13-14,17-18H,5-8,10-12H2,1H3. The van der Waals surface area contributed by atoms with E-state index in [4.69, 9.17) is 14.2 Å². The smallest absolute Gasteiger partial charge is 0.123 e. The van der Waals surface area contributed by atoms with Crippen molar-refractivity contribution in [2.75, 3.05) is 40.0 Å². The molecule has 1 saturated heterocycles. The fraction of sp³-hybridized carbons (Fsp3) is 0.625. The minimum atomic E-state index is -0.518. The van der Waals surface area contributed by atoms with Gasteiger partial charge in [-0.2, -0.15) is 0 Å². The SMILES string of the molecule is COc1cccc(OCC(O)CNCC2CCOCC2)c1. The lowest BCUT2D eigenvalue weighted by Crippen LogP contribution is -2.35. The van der Waals surface area contributed by atoms with Crippen LogP contribution in [0.15, 0.2) is 24.3 Å². The van der Waals surface area contributed by atoms with E-state index in [2.05, 4.69) is 5.32 Å². The van der Waals surface area contributed by atoms with Crippen LogP contribution in [0.3, 0.4) is 0 Å². The Morgan fingerprint density at radius 3 is 2.86 bits per heavy atom. The lowest BCUT2D eigenvalue weighted by atomic mass is 10.0. The first kappa shape index (κ1) is 16.1. The van der Waals surface area contributed by atoms with Crippen LogP contribution in [-0.4, -0.2) is 51.2 Å². The number of nitrogens with one attached hydrogen (secondary N) is 1. The van der Waals surface area contributed by atoms with Crippen molar-refractivity contribution in [2.24, 2.45) is 5.92 Å². The highest BCUT2D eigenvalue weighted by atomic mass is 16.5. The van der Waals surface area contributed by atoms with Crippen LogP contribution in [0.1, 0.15) is 12.8 Å². The molecule has 0 aliphatic carbocycles. The third-order valence-electron chi connectivity index (χ3n) is 3.64. The van der Waals surface area contributed by atoms with Crippen molar-refractivity contribution in [3.63, 3.8) is 0 Å². The topological polar surface area (TPSA) is 60.0 Å². The van der Waals surface area contributed by atoms with Gasteiger partial charge in [0.05, 0.1) is 7.11 Å². The lowest BCUT2D eigenvalue weighted by Gasteiger charge is -2.23. The monoisotopic (exact) mass is 295 g/mol. The molecule has 118 valence electrons. The zero-order valence-electron chi connectivity index (χ0n) is 12.6. The van der Waals surface area contributed by atoms with Crippen molar-refractivity contribution >= 4 is 0 Å². The van der Waals surface area contributed by atoms with Crippen LogP contribution >= 0.6 is 0 Å². The Labute approximate surface area is 126 Å². The van der Waals surface area contributed by atoms with Crippen LogP contribution in [0, 0.1) is 5.92 Å². The van der Waals surface area contributed by atoms with E-state index >= 15 is 0 Å². The fourth-order valence-corrected chi connectivity index (χ4v) is 2.35. The quantitative estimate of drug-likeness (QED) is 0.760. The maximum absolute atomic E-state index is 9.92. The second kappa shape index (κ2) is 8.87. The summed E-state index contributed by atoms with van der Waals surface area (Å²) >= 11 is 0. The molecule has 2 N–H and O–H groups in total. The van der Waals surface area contributed by atoms with E-state index in [0.717, 1.165) is 38.3 Å². The molecule has 0 saturated carbocycles. The summed E-state index contributed by atoms with van der Waals surface area (Å²) in [6.45, 7) is 3.45. The van der Waals surface area contributed by atoms with E-state index in [9.17, 15) is 5.11 Å². The molecule has 1 unspecified atom stereocenters. The van der Waals surface area contributed by atoms with E-state index < -0.39 is 6.10 Å². The molecule has 5 nitrogen and oxygen atoms in total. The molecule has 0 amide bonds. The maximum Gasteiger partial charge on any atom is 0.123 e. The van der Waals surface area contributed by atoms with Crippen molar-refractivity contribution in [3.8, 4) is 11.5 Å². The predicted octanol–water partition coefficient (Wildman–Crippen LogP) is 1.45. The first-order valence-electron chi connectivity index (χ1n) is 7.51. The zero-order valence-corrected chi connectivity index (χ0v) is 12.6. The Morgan fingerprint density at radius 1 is 1.33 bits per heavy atom. The van der Waals surface area contributed by atoms with Crippen molar-refractivity contribution in [2.45, 2.75) is 18.9 Å². The molecule has 1 aromatic carbocycles. The third-order valence-corrected chi connectivity index (χ3v) is 3.64. The lowest BCUT2D eigenvalue weighted by molar-refractivity contribution is 0.0630. The number of methoxy groups -OCH3 is 1. The van der Waals surface area contributed by atoms with Crippen LogP contribution in [0.4, 0.5) is 0 Å². The molecule has 1 atom stereocenters. The van der Waals surface area contributed by atoms with Crippen molar-refractivity contribution in [1.82, 2.24) is 5.32 Å². The Hall–Kier alpha value is -1.30. The molecule has 1 heterocycles. The van der Waals surface area contributed by atoms with Crippen LogP contribution in [-0.2, 0) is 4.74 Å². The molecule has 1 aliphatic heterocycles. The molecule has 1 fully saturated rings. The van der Waals surface area contributed by atoms with Gasteiger partial charge in [-0.3, -0.25) is 0 Å². The summed E-state index contributed by atoms with van der Waals surface area (Å²) in [7, 11) is 1.62. The normalized spacial score (nSPS) is 17.4. The number of hydrogen-bond donors (Lipinski definition) is 2. The summed E-state index contributed by atoms with van der Waals surface area (Å²) < 4.78 is 16.0. The van der Waals surface area contributed by atoms with Crippen LogP contribution in [0.2, 0.25) is 0 Å². The summed E-state index contributed by atoms with van der Waals surface area (Å²) in [5, 5.41) is 13.2. The molecule has 5 heteroatoms. The predicted molar refractivity (Wildman–Crippen MR) is 80.9 cm³/mol. The second-order valence-electron chi connectivity index (χ2n) is 5.36. The highest BCUT2D eigenvalue weighted by Crippen LogP contribution is 2.18. The fourth-order valence-electron chi connectivity index (χ4n) is 2.35. The first-order chi connectivity index (χ1) is 10.3. The summed E-state index contributed by atoms with van der Waals surface area (Å²) in [5.41, 5.74) is 0. The molecule has 1 aromatic rings. The summed E-state index contributed by atoms with van der Waals surface area (Å²) in [5.74, 6) is 2.11. The third kappa shape index (κ3) is 5.91. The Bertz CT molecular complexity index is 407. The van der Waals surface area contributed by atoms with Crippen LogP contribution in [0.5, 0.6) is 11.5 Å². The van der Waals surface area contributed by atoms with Crippen molar-refractivity contribution < 1.29 is 19.3 Å². The highest BCUT2D eigenvalue weighted by molar-refractivity contribution is 5.32. The van der Waals surface area contributed by atoms with Gasteiger partial charge in [-0.15, -0.1) is 0 Å². The average molecular weight is 295 g/mol. The van der Waals surface area contributed by atoms with Gasteiger partial charge >= 0.3 is 0 Å². The van der Waals surface area contributed by atoms with Crippen LogP contribution < -0.4 is 14.8 Å². The minimum Gasteiger partial charge on any atom is -0.497 e. The van der Waals surface area contributed by atoms with Gasteiger partial charge in [-0.05, 0) is 37.4 Å². The van der Waals surface area contributed by atoms with E-state index in [1.54, 1.807) is 7.11 Å². The number of ether oxygens (including phenoxy) is 3. The number of rotatable bonds is 8. The number of aliphatic hydroxyl groups is 1. The van der Waals surface area contributed by atoms with Gasteiger partial charge in [0.25, 0.3) is 0 Å². The van der Waals surface area contributed by atoms with Gasteiger partial charge in [-0.1, -0.05) is 6.07 Å². The van der Waals surface area contributed by atoms with Gasteiger partial charge in [0, 0.05) is 25.8 Å². The minimum absolute atomic E-state index is 0.272. The van der Waals surface area contributed by atoms with Crippen LogP contribution in [0.25, 0.3) is 0 Å². The van der Waals surface area contributed by atoms with Crippen molar-refractivity contribution in [1.29, 1.82) is 0 Å². The van der Waals surface area contributed by atoms with Gasteiger partial charge in [0.2, 0.25) is 0 Å². The molecule has 2 rings (SSSR count). The van der Waals surface area contributed by atoms with E-state index in [0.29, 0.717) is 18.2 Å². The van der Waals surface area contributed by atoms with Crippen molar-refractivity contribution in [3.05, 3.63) is 24.3 Å². The molecule has 21 heavy (non-hydrogen) atoms. The summed E-state index contributed by atoms with van der Waals surface area (Å²) in [6.07, 6.45) is 1.68. The Morgan fingerprint density at radius 2 is 2.10 bits per heavy atom. The molecule has 0 radical (unpaired) electrons. The van der Waals surface area contributed by atoms with Gasteiger partial charge < -0.3 is 24.6 Å². The second-order valence-corrected chi connectivity index (χ2v) is 5.36. The van der Waals surface area contributed by atoms with Gasteiger partial charge in [0.15, 0.2) is 0 Å². The molecular formula is C16H25NO4. The van der Waals surface area contributed by atoms with Gasteiger partial charge in [0.1, 0.15) is 24.2 Å². The molecular weight excluding hydrogens is 270 g/mol. The van der Waals surface area contributed by atoms with E-state index in [1.807, 2.05) is 24.3 Å². The molecule has 0 bridgehead atoms. The molecule has 0 spiro atoms. The summed E-state index contributed by atoms with van der Waals surface area (Å²) in [4.78, 5) is 0. The Balaban J connectivity index is 1.61. The summed E-state index contributed by atoms with van der Waals surface area (Å²) in [6, 6.07) is 7.38. The highest BCUT2D eigenvalue weighted by Gasteiger charge is 2.14. The largest absolute Gasteiger partial charge is 0.497 e. The molecule has 1 aliphatic rings. The number of benzene rings is 1. The number of aliphatic hydroxyl groups excluding tert-OH is 1. The van der Waals surface area contributed by atoms with E-state index in [-0.39, 0.29) is 6.61 Å². The molecule has 0 aromatic heterocycles. The van der Waals surface area contributed by atoms with E-state index in [1.165, 1.54) is 0 Å². The maximum atomic E-state index is 9.92.